The maximum atomic E-state index is 5.60. The molecule has 7 heteroatoms. The minimum atomic E-state index is 0.670. The van der Waals surface area contributed by atoms with Crippen molar-refractivity contribution in [3.8, 4) is 23.0 Å². The van der Waals surface area contributed by atoms with Crippen LogP contribution >= 0.6 is 11.3 Å². The Hall–Kier alpha value is -3.58. The van der Waals surface area contributed by atoms with Crippen molar-refractivity contribution in [3.05, 3.63) is 88.2 Å². The summed E-state index contributed by atoms with van der Waals surface area (Å²) in [7, 11) is 3.26. The van der Waals surface area contributed by atoms with Crippen LogP contribution in [0.4, 0.5) is 0 Å². The number of rotatable bonds is 8. The van der Waals surface area contributed by atoms with E-state index < -0.39 is 0 Å². The molecule has 0 radical (unpaired) electrons. The van der Waals surface area contributed by atoms with Gasteiger partial charge in [0, 0.05) is 23.6 Å². The summed E-state index contributed by atoms with van der Waals surface area (Å²) in [6.07, 6.45) is 4.28. The zero-order valence-electron chi connectivity index (χ0n) is 17.4. The fourth-order valence-electron chi connectivity index (χ4n) is 3.08. The van der Waals surface area contributed by atoms with Crippen molar-refractivity contribution >= 4 is 17.6 Å². The van der Waals surface area contributed by atoms with E-state index in [1.165, 1.54) is 16.9 Å². The molecule has 4 aromatic rings. The van der Waals surface area contributed by atoms with E-state index in [1.54, 1.807) is 31.4 Å². The van der Waals surface area contributed by atoms with Crippen molar-refractivity contribution in [3.63, 3.8) is 0 Å². The van der Waals surface area contributed by atoms with Crippen LogP contribution in [0.15, 0.2) is 86.8 Å². The summed E-state index contributed by atoms with van der Waals surface area (Å²) in [6, 6.07) is 19.7. The number of ether oxygens (including phenoxy) is 2. The molecule has 2 aromatic carbocycles. The molecule has 0 aliphatic rings. The lowest BCUT2D eigenvalue weighted by atomic mass is 10.2. The lowest BCUT2D eigenvalue weighted by Crippen LogP contribution is -2.13. The lowest BCUT2D eigenvalue weighted by Gasteiger charge is -2.07. The normalized spacial score (nSPS) is 11.9. The zero-order chi connectivity index (χ0) is 21.5. The fraction of sp³-hybridized carbons (Fsp3) is 0.167. The highest BCUT2D eigenvalue weighted by molar-refractivity contribution is 7.07. The van der Waals surface area contributed by atoms with Crippen LogP contribution in [0.3, 0.4) is 0 Å². The maximum Gasteiger partial charge on any atom is 0.206 e. The van der Waals surface area contributed by atoms with Crippen LogP contribution in [0.1, 0.15) is 11.1 Å². The molecule has 0 unspecified atom stereocenters. The monoisotopic (exact) mass is 433 g/mol. The third-order valence-electron chi connectivity index (χ3n) is 4.70. The Morgan fingerprint density at radius 1 is 1.03 bits per heavy atom. The van der Waals surface area contributed by atoms with Gasteiger partial charge in [-0.05, 0) is 36.2 Å². The molecule has 0 aliphatic carbocycles. The highest BCUT2D eigenvalue weighted by atomic mass is 32.1. The zero-order valence-corrected chi connectivity index (χ0v) is 18.2. The Bertz CT molecular complexity index is 1210. The predicted octanol–water partition coefficient (Wildman–Crippen LogP) is 4.85. The molecule has 0 saturated heterocycles. The van der Waals surface area contributed by atoms with Crippen molar-refractivity contribution in [1.82, 2.24) is 4.68 Å². The average molecular weight is 434 g/mol. The van der Waals surface area contributed by atoms with Gasteiger partial charge in [0.2, 0.25) is 4.80 Å². The number of furan rings is 1. The van der Waals surface area contributed by atoms with E-state index in [0.29, 0.717) is 12.3 Å². The summed E-state index contributed by atoms with van der Waals surface area (Å²) >= 11 is 1.53. The van der Waals surface area contributed by atoms with Crippen LogP contribution in [0, 0.1) is 0 Å². The first-order valence-corrected chi connectivity index (χ1v) is 10.7. The van der Waals surface area contributed by atoms with Crippen LogP contribution in [-0.4, -0.2) is 31.7 Å². The second-order valence-corrected chi connectivity index (χ2v) is 7.50. The van der Waals surface area contributed by atoms with Crippen LogP contribution in [0.2, 0.25) is 0 Å². The van der Waals surface area contributed by atoms with Gasteiger partial charge in [0.05, 0.1) is 26.7 Å². The Morgan fingerprint density at radius 2 is 1.90 bits per heavy atom. The Morgan fingerprint density at radius 3 is 2.65 bits per heavy atom. The first kappa shape index (κ1) is 20.7. The number of hydrogen-bond donors (Lipinski definition) is 0. The number of benzene rings is 2. The van der Waals surface area contributed by atoms with Gasteiger partial charge in [-0.15, -0.1) is 11.3 Å². The van der Waals surface area contributed by atoms with Crippen molar-refractivity contribution in [2.75, 3.05) is 20.8 Å². The van der Waals surface area contributed by atoms with Crippen LogP contribution in [0.5, 0.6) is 11.5 Å². The molecule has 0 amide bonds. The number of hydrogen-bond acceptors (Lipinski definition) is 6. The Labute approximate surface area is 184 Å². The molecule has 158 valence electrons. The minimum Gasteiger partial charge on any atom is -0.497 e. The maximum absolute atomic E-state index is 5.60. The molecule has 4 rings (SSSR count). The molecule has 0 fully saturated rings. The third-order valence-corrected chi connectivity index (χ3v) is 5.56. The summed E-state index contributed by atoms with van der Waals surface area (Å²) in [6.45, 7) is 0.670. The van der Waals surface area contributed by atoms with Gasteiger partial charge in [0.25, 0.3) is 0 Å². The van der Waals surface area contributed by atoms with Crippen molar-refractivity contribution < 1.29 is 13.9 Å². The quantitative estimate of drug-likeness (QED) is 0.373. The smallest absolute Gasteiger partial charge is 0.206 e. The largest absolute Gasteiger partial charge is 0.497 e. The summed E-state index contributed by atoms with van der Waals surface area (Å²) in [5.41, 5.74) is 2.94. The highest BCUT2D eigenvalue weighted by Gasteiger charge is 2.10. The van der Waals surface area contributed by atoms with Crippen molar-refractivity contribution in [2.24, 2.45) is 10.1 Å². The summed E-state index contributed by atoms with van der Waals surface area (Å²) in [5.74, 6) is 2.14. The number of thiazole rings is 1. The molecule has 2 heterocycles. The second kappa shape index (κ2) is 9.95. The molecule has 0 aliphatic heterocycles. The SMILES string of the molecule is COc1ccc(C=Nn2c(-c3ccco3)csc2=NCCc2ccccc2)c(OC)c1. The van der Waals surface area contributed by atoms with Crippen LogP contribution < -0.4 is 14.3 Å². The van der Waals surface area contributed by atoms with E-state index in [0.717, 1.165) is 34.0 Å². The molecule has 2 aromatic heterocycles. The molecule has 31 heavy (non-hydrogen) atoms. The van der Waals surface area contributed by atoms with E-state index in [9.17, 15) is 0 Å². The van der Waals surface area contributed by atoms with Crippen molar-refractivity contribution in [2.45, 2.75) is 6.42 Å². The molecule has 0 N–H and O–H groups in total. The van der Waals surface area contributed by atoms with Gasteiger partial charge < -0.3 is 13.9 Å². The highest BCUT2D eigenvalue weighted by Crippen LogP contribution is 2.24. The summed E-state index contributed by atoms with van der Waals surface area (Å²) < 4.78 is 18.2. The van der Waals surface area contributed by atoms with E-state index in [1.807, 2.05) is 53.9 Å². The van der Waals surface area contributed by atoms with E-state index in [4.69, 9.17) is 24.0 Å². The Balaban J connectivity index is 1.67. The number of aromatic nitrogens is 1. The van der Waals surface area contributed by atoms with Gasteiger partial charge in [0.1, 0.15) is 17.2 Å². The minimum absolute atomic E-state index is 0.670. The molecular weight excluding hydrogens is 410 g/mol. The first-order chi connectivity index (χ1) is 15.3. The molecule has 0 saturated carbocycles. The second-order valence-electron chi connectivity index (χ2n) is 6.66. The van der Waals surface area contributed by atoms with Gasteiger partial charge in [-0.1, -0.05) is 30.3 Å². The van der Waals surface area contributed by atoms with E-state index in [-0.39, 0.29) is 0 Å². The van der Waals surface area contributed by atoms with Gasteiger partial charge in [-0.3, -0.25) is 4.99 Å². The molecule has 0 bridgehead atoms. The standard InChI is InChI=1S/C24H23N3O3S/c1-28-20-11-10-19(23(15-20)29-2)16-26-27-21(22-9-6-14-30-22)17-31-24(27)25-13-12-18-7-4-3-5-8-18/h3-11,14-17H,12-13H2,1-2H3. The van der Waals surface area contributed by atoms with E-state index >= 15 is 0 Å². The average Bonchev–Trinajstić information content (AvgIpc) is 3.48. The predicted molar refractivity (Wildman–Crippen MR) is 123 cm³/mol. The topological polar surface area (TPSA) is 61.2 Å². The summed E-state index contributed by atoms with van der Waals surface area (Å²) in [5, 5.41) is 6.71. The fourth-order valence-corrected chi connectivity index (χ4v) is 3.93. The van der Waals surface area contributed by atoms with Gasteiger partial charge in [0.15, 0.2) is 5.76 Å². The number of methoxy groups -OCH3 is 2. The van der Waals surface area contributed by atoms with E-state index in [2.05, 4.69) is 12.1 Å². The van der Waals surface area contributed by atoms with Crippen molar-refractivity contribution in [1.29, 1.82) is 0 Å². The molecular formula is C24H23N3O3S. The number of nitrogens with zero attached hydrogens (tertiary/aromatic N) is 3. The first-order valence-electron chi connectivity index (χ1n) is 9.83. The van der Waals surface area contributed by atoms with Gasteiger partial charge in [-0.2, -0.15) is 5.10 Å². The van der Waals surface area contributed by atoms with Crippen LogP contribution in [-0.2, 0) is 6.42 Å². The third kappa shape index (κ3) is 4.95. The lowest BCUT2D eigenvalue weighted by molar-refractivity contribution is 0.394. The van der Waals surface area contributed by atoms with Gasteiger partial charge >= 0.3 is 0 Å². The summed E-state index contributed by atoms with van der Waals surface area (Å²) in [4.78, 5) is 5.59. The van der Waals surface area contributed by atoms with Crippen LogP contribution in [0.25, 0.3) is 11.5 Å². The molecule has 0 atom stereocenters. The Kier molecular flexibility index (Phi) is 6.64. The van der Waals surface area contributed by atoms with Gasteiger partial charge in [-0.25, -0.2) is 4.68 Å². The molecule has 0 spiro atoms. The molecule has 6 nitrogen and oxygen atoms in total.